The summed E-state index contributed by atoms with van der Waals surface area (Å²) in [5.41, 5.74) is 0. The highest BCUT2D eigenvalue weighted by Crippen LogP contribution is 2.23. The number of hydrogen-bond donors (Lipinski definition) is 1. The molecule has 2 saturated heterocycles. The molecule has 2 aliphatic heterocycles. The van der Waals surface area contributed by atoms with E-state index in [9.17, 15) is 0 Å². The highest BCUT2D eigenvalue weighted by Gasteiger charge is 2.33. The molecule has 0 saturated carbocycles. The van der Waals surface area contributed by atoms with E-state index < -0.39 is 0 Å². The number of hydrogen-bond acceptors (Lipinski definition) is 3. The number of ether oxygens (including phenoxy) is 1. The first-order valence-corrected chi connectivity index (χ1v) is 8.65. The Hall–Kier alpha value is -0.120. The van der Waals surface area contributed by atoms with Gasteiger partial charge in [-0.1, -0.05) is 34.1 Å². The summed E-state index contributed by atoms with van der Waals surface area (Å²) >= 11 is 0. The molecule has 1 N–H and O–H groups in total. The topological polar surface area (TPSA) is 24.5 Å². The molecular weight excluding hydrogens is 248 g/mol. The zero-order chi connectivity index (χ0) is 14.5. The van der Waals surface area contributed by atoms with Gasteiger partial charge in [-0.3, -0.25) is 4.90 Å². The van der Waals surface area contributed by atoms with Crippen molar-refractivity contribution in [3.05, 3.63) is 0 Å². The normalized spacial score (nSPS) is 33.8. The Morgan fingerprint density at radius 1 is 1.30 bits per heavy atom. The van der Waals surface area contributed by atoms with Gasteiger partial charge in [-0.25, -0.2) is 0 Å². The third-order valence-electron chi connectivity index (χ3n) is 5.11. The Balaban J connectivity index is 1.94. The summed E-state index contributed by atoms with van der Waals surface area (Å²) in [5, 5.41) is 3.80. The van der Waals surface area contributed by atoms with E-state index in [1.54, 1.807) is 0 Å². The van der Waals surface area contributed by atoms with Crippen molar-refractivity contribution in [1.82, 2.24) is 10.2 Å². The molecular formula is C17H34N2O. The summed E-state index contributed by atoms with van der Waals surface area (Å²) in [4.78, 5) is 2.77. The first-order valence-electron chi connectivity index (χ1n) is 8.65. The maximum Gasteiger partial charge on any atom is 0.0507 e. The van der Waals surface area contributed by atoms with Gasteiger partial charge < -0.3 is 10.1 Å². The second-order valence-electron chi connectivity index (χ2n) is 7.37. The standard InChI is InChI=1S/C17H34N2O/c1-5-14(4)17-9-18-16(8-13(2)3)11-19(17)10-15-6-7-20-12-15/h13-18H,5-12H2,1-4H3. The number of nitrogens with zero attached hydrogens (tertiary/aromatic N) is 1. The van der Waals surface area contributed by atoms with Crippen LogP contribution in [0.15, 0.2) is 0 Å². The van der Waals surface area contributed by atoms with Crippen molar-refractivity contribution in [3.63, 3.8) is 0 Å². The van der Waals surface area contributed by atoms with Gasteiger partial charge in [0.1, 0.15) is 0 Å². The smallest absolute Gasteiger partial charge is 0.0507 e. The van der Waals surface area contributed by atoms with E-state index in [-0.39, 0.29) is 0 Å². The van der Waals surface area contributed by atoms with Crippen LogP contribution in [0.5, 0.6) is 0 Å². The molecule has 0 bridgehead atoms. The molecule has 0 amide bonds. The molecule has 2 fully saturated rings. The Kier molecular flexibility index (Phi) is 6.31. The molecule has 3 heteroatoms. The summed E-state index contributed by atoms with van der Waals surface area (Å²) in [6.07, 6.45) is 3.83. The average Bonchev–Trinajstić information content (AvgIpc) is 2.90. The monoisotopic (exact) mass is 282 g/mol. The molecule has 0 aromatic carbocycles. The van der Waals surface area contributed by atoms with E-state index in [4.69, 9.17) is 4.74 Å². The van der Waals surface area contributed by atoms with Crippen molar-refractivity contribution >= 4 is 0 Å². The third-order valence-corrected chi connectivity index (χ3v) is 5.11. The minimum atomic E-state index is 0.678. The molecule has 4 atom stereocenters. The van der Waals surface area contributed by atoms with Crippen molar-refractivity contribution in [2.45, 2.75) is 59.0 Å². The van der Waals surface area contributed by atoms with E-state index in [0.29, 0.717) is 12.1 Å². The molecule has 0 aromatic rings. The average molecular weight is 282 g/mol. The maximum atomic E-state index is 5.57. The predicted molar refractivity (Wildman–Crippen MR) is 85.0 cm³/mol. The number of piperazine rings is 1. The van der Waals surface area contributed by atoms with E-state index in [1.165, 1.54) is 38.9 Å². The summed E-state index contributed by atoms with van der Waals surface area (Å²) in [7, 11) is 0. The Labute approximate surface area is 125 Å². The fourth-order valence-corrected chi connectivity index (χ4v) is 3.73. The van der Waals surface area contributed by atoms with Crippen molar-refractivity contribution in [1.29, 1.82) is 0 Å². The fraction of sp³-hybridized carbons (Fsp3) is 1.00. The summed E-state index contributed by atoms with van der Waals surface area (Å²) in [6.45, 7) is 15.0. The van der Waals surface area contributed by atoms with Gasteiger partial charge in [0.05, 0.1) is 6.61 Å². The lowest BCUT2D eigenvalue weighted by molar-refractivity contribution is 0.0667. The minimum Gasteiger partial charge on any atom is -0.381 e. The predicted octanol–water partition coefficient (Wildman–Crippen LogP) is 2.76. The van der Waals surface area contributed by atoms with Gasteiger partial charge >= 0.3 is 0 Å². The van der Waals surface area contributed by atoms with E-state index >= 15 is 0 Å². The molecule has 0 aliphatic carbocycles. The highest BCUT2D eigenvalue weighted by atomic mass is 16.5. The number of rotatable bonds is 6. The van der Waals surface area contributed by atoms with Crippen LogP contribution in [0.25, 0.3) is 0 Å². The Morgan fingerprint density at radius 3 is 2.70 bits per heavy atom. The molecule has 2 rings (SSSR count). The van der Waals surface area contributed by atoms with E-state index in [2.05, 4.69) is 37.9 Å². The largest absolute Gasteiger partial charge is 0.381 e. The lowest BCUT2D eigenvalue weighted by atomic mass is 9.91. The van der Waals surface area contributed by atoms with Gasteiger partial charge in [0, 0.05) is 38.3 Å². The van der Waals surface area contributed by atoms with Crippen LogP contribution in [0, 0.1) is 17.8 Å². The third kappa shape index (κ3) is 4.44. The van der Waals surface area contributed by atoms with Gasteiger partial charge in [0.2, 0.25) is 0 Å². The van der Waals surface area contributed by atoms with Crippen molar-refractivity contribution in [2.24, 2.45) is 17.8 Å². The Bertz CT molecular complexity index is 276. The van der Waals surface area contributed by atoms with Crippen molar-refractivity contribution in [2.75, 3.05) is 32.8 Å². The van der Waals surface area contributed by atoms with Gasteiger partial charge in [-0.2, -0.15) is 0 Å². The minimum absolute atomic E-state index is 0.678. The first-order chi connectivity index (χ1) is 9.60. The summed E-state index contributed by atoms with van der Waals surface area (Å²) in [6, 6.07) is 1.39. The van der Waals surface area contributed by atoms with Gasteiger partial charge in [-0.15, -0.1) is 0 Å². The molecule has 2 heterocycles. The first kappa shape index (κ1) is 16.3. The van der Waals surface area contributed by atoms with E-state index in [1.807, 2.05) is 0 Å². The summed E-state index contributed by atoms with van der Waals surface area (Å²) in [5.74, 6) is 2.33. The van der Waals surface area contributed by atoms with Crippen LogP contribution < -0.4 is 5.32 Å². The van der Waals surface area contributed by atoms with Crippen LogP contribution in [0.4, 0.5) is 0 Å². The maximum absolute atomic E-state index is 5.57. The molecule has 118 valence electrons. The van der Waals surface area contributed by atoms with Gasteiger partial charge in [0.25, 0.3) is 0 Å². The Morgan fingerprint density at radius 2 is 2.10 bits per heavy atom. The fourth-order valence-electron chi connectivity index (χ4n) is 3.73. The zero-order valence-corrected chi connectivity index (χ0v) is 13.9. The molecule has 20 heavy (non-hydrogen) atoms. The summed E-state index contributed by atoms with van der Waals surface area (Å²) < 4.78 is 5.57. The number of nitrogens with one attached hydrogen (secondary N) is 1. The van der Waals surface area contributed by atoms with Crippen LogP contribution in [-0.2, 0) is 4.74 Å². The lowest BCUT2D eigenvalue weighted by Crippen LogP contribution is -2.59. The van der Waals surface area contributed by atoms with Gasteiger partial charge in [-0.05, 0) is 30.6 Å². The molecule has 0 spiro atoms. The molecule has 0 aromatic heterocycles. The van der Waals surface area contributed by atoms with Crippen molar-refractivity contribution < 1.29 is 4.74 Å². The van der Waals surface area contributed by atoms with Crippen LogP contribution in [0.3, 0.4) is 0 Å². The zero-order valence-electron chi connectivity index (χ0n) is 13.9. The molecule has 0 radical (unpaired) electrons. The van der Waals surface area contributed by atoms with E-state index in [0.717, 1.165) is 31.0 Å². The van der Waals surface area contributed by atoms with Crippen LogP contribution in [0.1, 0.15) is 47.0 Å². The van der Waals surface area contributed by atoms with Gasteiger partial charge in [0.15, 0.2) is 0 Å². The van der Waals surface area contributed by atoms with Crippen molar-refractivity contribution in [3.8, 4) is 0 Å². The highest BCUT2D eigenvalue weighted by molar-refractivity contribution is 4.90. The molecule has 4 unspecified atom stereocenters. The molecule has 3 nitrogen and oxygen atoms in total. The van der Waals surface area contributed by atoms with Crippen LogP contribution in [0.2, 0.25) is 0 Å². The van der Waals surface area contributed by atoms with Crippen LogP contribution >= 0.6 is 0 Å². The quantitative estimate of drug-likeness (QED) is 0.811. The second-order valence-corrected chi connectivity index (χ2v) is 7.37. The molecule has 2 aliphatic rings. The SMILES string of the molecule is CCC(C)C1CNC(CC(C)C)CN1CC1CCOC1. The second kappa shape index (κ2) is 7.77. The van der Waals surface area contributed by atoms with Crippen LogP contribution in [-0.4, -0.2) is 49.8 Å². The lowest BCUT2D eigenvalue weighted by Gasteiger charge is -2.44.